The Morgan fingerprint density at radius 1 is 1.35 bits per heavy atom. The molecule has 5 heteroatoms. The second-order valence-corrected chi connectivity index (χ2v) is 7.66. The first kappa shape index (κ1) is 18.2. The topological polar surface area (TPSA) is 58.6 Å². The summed E-state index contributed by atoms with van der Waals surface area (Å²) in [7, 11) is 0. The van der Waals surface area contributed by atoms with Crippen LogP contribution in [0.2, 0.25) is 0 Å². The first-order valence-electron chi connectivity index (χ1n) is 9.08. The molecule has 1 heterocycles. The van der Waals surface area contributed by atoms with Crippen LogP contribution in [0.3, 0.4) is 0 Å². The van der Waals surface area contributed by atoms with E-state index in [4.69, 9.17) is 4.74 Å². The Balaban J connectivity index is 2.25. The number of nitrogens with zero attached hydrogens (tertiary/aromatic N) is 1. The minimum absolute atomic E-state index is 0.0286. The van der Waals surface area contributed by atoms with Gasteiger partial charge in [0.15, 0.2) is 0 Å². The van der Waals surface area contributed by atoms with Crippen molar-refractivity contribution in [2.45, 2.75) is 84.5 Å². The zero-order valence-corrected chi connectivity index (χ0v) is 15.2. The highest BCUT2D eigenvalue weighted by Crippen LogP contribution is 2.43. The molecule has 0 bridgehead atoms. The van der Waals surface area contributed by atoms with Gasteiger partial charge in [-0.25, -0.2) is 0 Å². The van der Waals surface area contributed by atoms with E-state index in [0.717, 1.165) is 25.7 Å². The molecule has 1 saturated heterocycles. The second-order valence-electron chi connectivity index (χ2n) is 7.66. The van der Waals surface area contributed by atoms with Crippen LogP contribution in [0.1, 0.15) is 66.7 Å². The molecular formula is C18H32N2O3. The number of rotatable bonds is 4. The standard InChI is InChI=1S/C18H32N2O3/c1-6-14(5)19-16(21)15-11-23-18(9-7-8-13(4)10-18)20(15)17(22)12(2)3/h12-15H,6-11H2,1-5H3,(H,19,21). The lowest BCUT2D eigenvalue weighted by Gasteiger charge is -2.44. The van der Waals surface area contributed by atoms with Crippen LogP contribution in [0.4, 0.5) is 0 Å². The summed E-state index contributed by atoms with van der Waals surface area (Å²) in [6, 6.07) is -0.385. The van der Waals surface area contributed by atoms with Crippen LogP contribution < -0.4 is 5.32 Å². The molecule has 5 nitrogen and oxygen atoms in total. The van der Waals surface area contributed by atoms with Crippen molar-refractivity contribution in [3.63, 3.8) is 0 Å². The summed E-state index contributed by atoms with van der Waals surface area (Å²) in [6.45, 7) is 10.3. The first-order valence-corrected chi connectivity index (χ1v) is 9.08. The zero-order chi connectivity index (χ0) is 17.2. The van der Waals surface area contributed by atoms with E-state index in [-0.39, 0.29) is 23.8 Å². The summed E-state index contributed by atoms with van der Waals surface area (Å²) in [5.74, 6) is 0.330. The van der Waals surface area contributed by atoms with Gasteiger partial charge >= 0.3 is 0 Å². The molecule has 0 radical (unpaired) electrons. The maximum Gasteiger partial charge on any atom is 0.245 e. The number of hydrogen-bond acceptors (Lipinski definition) is 3. The molecule has 2 aliphatic rings. The average Bonchev–Trinajstić information content (AvgIpc) is 2.84. The Kier molecular flexibility index (Phi) is 5.71. The van der Waals surface area contributed by atoms with Gasteiger partial charge < -0.3 is 10.1 Å². The molecule has 0 aromatic carbocycles. The Morgan fingerprint density at radius 2 is 2.04 bits per heavy atom. The minimum Gasteiger partial charge on any atom is -0.353 e. The molecule has 2 fully saturated rings. The van der Waals surface area contributed by atoms with Crippen LogP contribution in [0.5, 0.6) is 0 Å². The predicted molar refractivity (Wildman–Crippen MR) is 89.7 cm³/mol. The quantitative estimate of drug-likeness (QED) is 0.865. The van der Waals surface area contributed by atoms with Crippen molar-refractivity contribution in [1.29, 1.82) is 0 Å². The van der Waals surface area contributed by atoms with Gasteiger partial charge in [-0.3, -0.25) is 14.5 Å². The fraction of sp³-hybridized carbons (Fsp3) is 0.889. The third-order valence-corrected chi connectivity index (χ3v) is 5.23. The summed E-state index contributed by atoms with van der Waals surface area (Å²) >= 11 is 0. The van der Waals surface area contributed by atoms with Gasteiger partial charge in [-0.1, -0.05) is 34.1 Å². The highest BCUT2D eigenvalue weighted by Gasteiger charge is 2.54. The van der Waals surface area contributed by atoms with Crippen LogP contribution >= 0.6 is 0 Å². The molecule has 1 N–H and O–H groups in total. The van der Waals surface area contributed by atoms with Crippen molar-refractivity contribution in [2.24, 2.45) is 11.8 Å². The van der Waals surface area contributed by atoms with Crippen molar-refractivity contribution in [2.75, 3.05) is 6.61 Å². The molecule has 1 spiro atoms. The Hall–Kier alpha value is -1.10. The zero-order valence-electron chi connectivity index (χ0n) is 15.2. The molecule has 4 atom stereocenters. The lowest BCUT2D eigenvalue weighted by atomic mass is 9.82. The van der Waals surface area contributed by atoms with E-state index in [0.29, 0.717) is 12.5 Å². The highest BCUT2D eigenvalue weighted by atomic mass is 16.5. The molecule has 2 amide bonds. The van der Waals surface area contributed by atoms with E-state index < -0.39 is 11.8 Å². The van der Waals surface area contributed by atoms with Crippen LogP contribution in [0.25, 0.3) is 0 Å². The molecule has 1 aliphatic heterocycles. The fourth-order valence-corrected chi connectivity index (χ4v) is 3.75. The Morgan fingerprint density at radius 3 is 2.61 bits per heavy atom. The van der Waals surface area contributed by atoms with E-state index in [9.17, 15) is 9.59 Å². The fourth-order valence-electron chi connectivity index (χ4n) is 3.75. The summed E-state index contributed by atoms with van der Waals surface area (Å²) in [5, 5.41) is 3.02. The van der Waals surface area contributed by atoms with Gasteiger partial charge in [0.25, 0.3) is 0 Å². The molecule has 1 saturated carbocycles. The SMILES string of the molecule is CCC(C)NC(=O)C1COC2(CCCC(C)C2)N1C(=O)C(C)C. The molecule has 4 unspecified atom stereocenters. The molecule has 1 aliphatic carbocycles. The van der Waals surface area contributed by atoms with E-state index in [1.807, 2.05) is 27.7 Å². The molecule has 0 aromatic heterocycles. The minimum atomic E-state index is -0.573. The van der Waals surface area contributed by atoms with Crippen LogP contribution in [0.15, 0.2) is 0 Å². The monoisotopic (exact) mass is 324 g/mol. The van der Waals surface area contributed by atoms with Crippen molar-refractivity contribution >= 4 is 11.8 Å². The maximum absolute atomic E-state index is 12.9. The number of carbonyl (C=O) groups is 2. The highest BCUT2D eigenvalue weighted by molar-refractivity contribution is 5.89. The lowest BCUT2D eigenvalue weighted by Crippen LogP contribution is -2.58. The molecule has 132 valence electrons. The Bertz CT molecular complexity index is 452. The van der Waals surface area contributed by atoms with Crippen LogP contribution in [0, 0.1) is 11.8 Å². The average molecular weight is 324 g/mol. The van der Waals surface area contributed by atoms with Gasteiger partial charge in [-0.15, -0.1) is 0 Å². The number of amides is 2. The van der Waals surface area contributed by atoms with E-state index in [1.54, 1.807) is 4.90 Å². The van der Waals surface area contributed by atoms with Crippen molar-refractivity contribution < 1.29 is 14.3 Å². The van der Waals surface area contributed by atoms with Gasteiger partial charge in [-0.2, -0.15) is 0 Å². The number of ether oxygens (including phenoxy) is 1. The van der Waals surface area contributed by atoms with Gasteiger partial charge in [0.05, 0.1) is 6.61 Å². The second kappa shape index (κ2) is 7.20. The summed E-state index contributed by atoms with van der Waals surface area (Å²) in [5.41, 5.74) is -0.573. The van der Waals surface area contributed by atoms with Gasteiger partial charge in [-0.05, 0) is 38.5 Å². The molecule has 0 aromatic rings. The van der Waals surface area contributed by atoms with E-state index in [1.165, 1.54) is 6.42 Å². The normalized spacial score (nSPS) is 32.3. The van der Waals surface area contributed by atoms with Crippen LogP contribution in [-0.2, 0) is 14.3 Å². The Labute approximate surface area is 140 Å². The first-order chi connectivity index (χ1) is 10.8. The largest absolute Gasteiger partial charge is 0.353 e. The number of hydrogen-bond donors (Lipinski definition) is 1. The van der Waals surface area contributed by atoms with Gasteiger partial charge in [0.2, 0.25) is 11.8 Å². The summed E-state index contributed by atoms with van der Waals surface area (Å²) < 4.78 is 6.13. The molecule has 2 rings (SSSR count). The van der Waals surface area contributed by atoms with Crippen molar-refractivity contribution in [1.82, 2.24) is 10.2 Å². The number of carbonyl (C=O) groups excluding carboxylic acids is 2. The lowest BCUT2D eigenvalue weighted by molar-refractivity contribution is -0.165. The van der Waals surface area contributed by atoms with Crippen molar-refractivity contribution in [3.8, 4) is 0 Å². The smallest absolute Gasteiger partial charge is 0.245 e. The van der Waals surface area contributed by atoms with Gasteiger partial charge in [0.1, 0.15) is 11.8 Å². The number of nitrogens with one attached hydrogen (secondary N) is 1. The summed E-state index contributed by atoms with van der Waals surface area (Å²) in [4.78, 5) is 27.3. The molecule has 23 heavy (non-hydrogen) atoms. The third-order valence-electron chi connectivity index (χ3n) is 5.23. The van der Waals surface area contributed by atoms with Gasteiger partial charge in [0, 0.05) is 12.0 Å². The van der Waals surface area contributed by atoms with E-state index in [2.05, 4.69) is 12.2 Å². The van der Waals surface area contributed by atoms with Crippen LogP contribution in [-0.4, -0.2) is 41.1 Å². The van der Waals surface area contributed by atoms with E-state index >= 15 is 0 Å². The molecular weight excluding hydrogens is 292 g/mol. The predicted octanol–water partition coefficient (Wildman–Crippen LogP) is 2.69. The third kappa shape index (κ3) is 3.70. The summed E-state index contributed by atoms with van der Waals surface area (Å²) in [6.07, 6.45) is 4.75. The van der Waals surface area contributed by atoms with Crippen molar-refractivity contribution in [3.05, 3.63) is 0 Å². The maximum atomic E-state index is 12.9.